The van der Waals surface area contributed by atoms with Crippen molar-refractivity contribution in [3.63, 3.8) is 0 Å². The van der Waals surface area contributed by atoms with Gasteiger partial charge in [-0.05, 0) is 25.0 Å². The molecule has 0 bridgehead atoms. The molecule has 0 aliphatic heterocycles. The molecule has 0 unspecified atom stereocenters. The first-order valence-electron chi connectivity index (χ1n) is 4.75. The highest BCUT2D eigenvalue weighted by molar-refractivity contribution is 6.42. The lowest BCUT2D eigenvalue weighted by atomic mass is 9.89. The molecule has 5 heteroatoms. The number of hydrogen-bond donors (Lipinski definition) is 3. The molecule has 2 rings (SSSR count). The van der Waals surface area contributed by atoms with Crippen LogP contribution in [-0.2, 0) is 0 Å². The third-order valence-electron chi connectivity index (χ3n) is 2.57. The highest BCUT2D eigenvalue weighted by Gasteiger charge is 2.27. The third kappa shape index (κ3) is 2.30. The van der Waals surface area contributed by atoms with Crippen molar-refractivity contribution in [2.45, 2.75) is 25.0 Å². The maximum Gasteiger partial charge on any atom is 0.0614 e. The number of nitrogen functional groups attached to an aromatic ring is 1. The molecule has 15 heavy (non-hydrogen) atoms. The average molecular weight is 247 g/mol. The van der Waals surface area contributed by atoms with Crippen LogP contribution in [0.25, 0.3) is 0 Å². The van der Waals surface area contributed by atoms with Gasteiger partial charge >= 0.3 is 0 Å². The highest BCUT2D eigenvalue weighted by atomic mass is 35.5. The Labute approximate surface area is 98.2 Å². The Balaban J connectivity index is 2.11. The Hall–Kier alpha value is -0.640. The summed E-state index contributed by atoms with van der Waals surface area (Å²) in [5.41, 5.74) is 7.14. The number of aliphatic hydroxyl groups is 1. The third-order valence-corrected chi connectivity index (χ3v) is 3.29. The zero-order valence-electron chi connectivity index (χ0n) is 8.00. The van der Waals surface area contributed by atoms with Crippen LogP contribution in [0.3, 0.4) is 0 Å². The van der Waals surface area contributed by atoms with Crippen LogP contribution in [0.4, 0.5) is 11.4 Å². The molecule has 1 fully saturated rings. The van der Waals surface area contributed by atoms with Gasteiger partial charge in [0.2, 0.25) is 0 Å². The molecule has 0 amide bonds. The maximum atomic E-state index is 9.15. The summed E-state index contributed by atoms with van der Waals surface area (Å²) in [5.74, 6) is 0. The predicted molar refractivity (Wildman–Crippen MR) is 63.5 cm³/mol. The monoisotopic (exact) mass is 246 g/mol. The van der Waals surface area contributed by atoms with Crippen molar-refractivity contribution in [3.05, 3.63) is 22.2 Å². The van der Waals surface area contributed by atoms with Gasteiger partial charge in [0.05, 0.1) is 27.5 Å². The molecular formula is C10H12Cl2N2O. The molecule has 0 saturated heterocycles. The van der Waals surface area contributed by atoms with Gasteiger partial charge in [0.1, 0.15) is 0 Å². The van der Waals surface area contributed by atoms with E-state index in [2.05, 4.69) is 5.32 Å². The van der Waals surface area contributed by atoms with E-state index < -0.39 is 0 Å². The van der Waals surface area contributed by atoms with E-state index in [1.165, 1.54) is 0 Å². The molecule has 3 nitrogen and oxygen atoms in total. The smallest absolute Gasteiger partial charge is 0.0614 e. The zero-order valence-corrected chi connectivity index (χ0v) is 9.52. The fraction of sp³-hybridized carbons (Fsp3) is 0.400. The molecule has 0 heterocycles. The Morgan fingerprint density at radius 3 is 2.47 bits per heavy atom. The second kappa shape index (κ2) is 4.08. The quantitative estimate of drug-likeness (QED) is 0.704. The summed E-state index contributed by atoms with van der Waals surface area (Å²) in [4.78, 5) is 0. The highest BCUT2D eigenvalue weighted by Crippen LogP contribution is 2.33. The zero-order chi connectivity index (χ0) is 11.0. The first-order valence-corrected chi connectivity index (χ1v) is 5.51. The molecule has 0 spiro atoms. The minimum atomic E-state index is -0.188. The lowest BCUT2D eigenvalue weighted by molar-refractivity contribution is 0.0837. The molecule has 1 aromatic rings. The summed E-state index contributed by atoms with van der Waals surface area (Å²) < 4.78 is 0. The van der Waals surface area contributed by atoms with E-state index in [0.29, 0.717) is 15.7 Å². The fourth-order valence-electron chi connectivity index (χ4n) is 1.61. The minimum Gasteiger partial charge on any atom is -0.397 e. The van der Waals surface area contributed by atoms with Crippen LogP contribution >= 0.6 is 23.2 Å². The number of halogens is 2. The van der Waals surface area contributed by atoms with Crippen LogP contribution in [0, 0.1) is 0 Å². The van der Waals surface area contributed by atoms with Gasteiger partial charge in [0.15, 0.2) is 0 Å². The first kappa shape index (κ1) is 10.9. The molecule has 0 radical (unpaired) electrons. The molecule has 0 atom stereocenters. The molecule has 1 saturated carbocycles. The van der Waals surface area contributed by atoms with Crippen LogP contribution < -0.4 is 11.1 Å². The van der Waals surface area contributed by atoms with Gasteiger partial charge in [-0.25, -0.2) is 0 Å². The second-order valence-electron chi connectivity index (χ2n) is 3.82. The van der Waals surface area contributed by atoms with Gasteiger partial charge in [-0.15, -0.1) is 0 Å². The van der Waals surface area contributed by atoms with E-state index in [-0.39, 0.29) is 12.1 Å². The van der Waals surface area contributed by atoms with Gasteiger partial charge in [-0.2, -0.15) is 0 Å². The van der Waals surface area contributed by atoms with E-state index >= 15 is 0 Å². The number of aliphatic hydroxyl groups excluding tert-OH is 1. The predicted octanol–water partition coefficient (Wildman–Crippen LogP) is 2.51. The van der Waals surface area contributed by atoms with Gasteiger partial charge in [0, 0.05) is 6.04 Å². The summed E-state index contributed by atoms with van der Waals surface area (Å²) in [6, 6.07) is 3.62. The summed E-state index contributed by atoms with van der Waals surface area (Å²) in [6.07, 6.45) is 1.31. The van der Waals surface area contributed by atoms with Crippen LogP contribution in [0.1, 0.15) is 12.8 Å². The molecule has 1 aromatic carbocycles. The fourth-order valence-corrected chi connectivity index (χ4v) is 1.95. The number of anilines is 2. The Morgan fingerprint density at radius 1 is 1.27 bits per heavy atom. The van der Waals surface area contributed by atoms with Crippen LogP contribution in [0.15, 0.2) is 12.1 Å². The number of nitrogens with one attached hydrogen (secondary N) is 1. The van der Waals surface area contributed by atoms with E-state index in [1.54, 1.807) is 12.1 Å². The summed E-state index contributed by atoms with van der Waals surface area (Å²) in [5, 5.41) is 13.3. The van der Waals surface area contributed by atoms with Crippen molar-refractivity contribution in [3.8, 4) is 0 Å². The largest absolute Gasteiger partial charge is 0.397 e. The second-order valence-corrected chi connectivity index (χ2v) is 4.63. The van der Waals surface area contributed by atoms with Crippen LogP contribution in [0.5, 0.6) is 0 Å². The number of benzene rings is 1. The number of hydrogen-bond acceptors (Lipinski definition) is 3. The first-order chi connectivity index (χ1) is 7.06. The number of nitrogens with two attached hydrogens (primary N) is 1. The van der Waals surface area contributed by atoms with Crippen molar-refractivity contribution in [1.82, 2.24) is 0 Å². The molecule has 1 aliphatic carbocycles. The van der Waals surface area contributed by atoms with Gasteiger partial charge in [0.25, 0.3) is 0 Å². The van der Waals surface area contributed by atoms with E-state index in [9.17, 15) is 0 Å². The van der Waals surface area contributed by atoms with Gasteiger partial charge in [-0.3, -0.25) is 0 Å². The average Bonchev–Trinajstić information content (AvgIpc) is 2.11. The SMILES string of the molecule is Nc1cc(Cl)c(Cl)cc1NC1CC(O)C1. The van der Waals surface area contributed by atoms with E-state index in [1.807, 2.05) is 0 Å². The Bertz CT molecular complexity index is 378. The maximum absolute atomic E-state index is 9.15. The standard InChI is InChI=1S/C10H12Cl2N2O/c11-7-3-9(13)10(4-8(7)12)14-5-1-6(15)2-5/h3-6,14-15H,1-2,13H2. The topological polar surface area (TPSA) is 58.3 Å². The molecule has 4 N–H and O–H groups in total. The molecule has 82 valence electrons. The Kier molecular flexibility index (Phi) is 2.96. The van der Waals surface area contributed by atoms with Gasteiger partial charge < -0.3 is 16.2 Å². The molecule has 1 aliphatic rings. The van der Waals surface area contributed by atoms with Crippen molar-refractivity contribution in [2.24, 2.45) is 0 Å². The summed E-state index contributed by atoms with van der Waals surface area (Å²) in [6.45, 7) is 0. The van der Waals surface area contributed by atoms with Crippen molar-refractivity contribution in [1.29, 1.82) is 0 Å². The van der Waals surface area contributed by atoms with Crippen molar-refractivity contribution in [2.75, 3.05) is 11.1 Å². The minimum absolute atomic E-state index is 0.188. The normalized spacial score (nSPS) is 24.7. The lowest BCUT2D eigenvalue weighted by Gasteiger charge is -2.33. The van der Waals surface area contributed by atoms with Gasteiger partial charge in [-0.1, -0.05) is 23.2 Å². The van der Waals surface area contributed by atoms with Crippen molar-refractivity contribution >= 4 is 34.6 Å². The van der Waals surface area contributed by atoms with E-state index in [4.69, 9.17) is 34.0 Å². The summed E-state index contributed by atoms with van der Waals surface area (Å²) >= 11 is 11.7. The van der Waals surface area contributed by atoms with E-state index in [0.717, 1.165) is 18.5 Å². The number of rotatable bonds is 2. The molecule has 0 aromatic heterocycles. The lowest BCUT2D eigenvalue weighted by Crippen LogP contribution is -2.39. The van der Waals surface area contributed by atoms with Crippen LogP contribution in [-0.4, -0.2) is 17.3 Å². The van der Waals surface area contributed by atoms with Crippen molar-refractivity contribution < 1.29 is 5.11 Å². The summed E-state index contributed by atoms with van der Waals surface area (Å²) in [7, 11) is 0. The van der Waals surface area contributed by atoms with Crippen LogP contribution in [0.2, 0.25) is 10.0 Å². The Morgan fingerprint density at radius 2 is 1.87 bits per heavy atom. The molecular weight excluding hydrogens is 235 g/mol.